The summed E-state index contributed by atoms with van der Waals surface area (Å²) < 4.78 is 34.2. The lowest BCUT2D eigenvalue weighted by molar-refractivity contribution is -0.135. The average molecular weight is 328 g/mol. The van der Waals surface area contributed by atoms with E-state index in [1.54, 1.807) is 24.0 Å². The third-order valence-corrected chi connectivity index (χ3v) is 3.84. The summed E-state index contributed by atoms with van der Waals surface area (Å²) in [6, 6.07) is 4.95. The molecule has 5 nitrogen and oxygen atoms in total. The third kappa shape index (κ3) is 4.54. The van der Waals surface area contributed by atoms with E-state index in [4.69, 9.17) is 10.5 Å². The summed E-state index contributed by atoms with van der Waals surface area (Å²) in [5, 5.41) is 0. The first-order chi connectivity index (χ1) is 11.0. The van der Waals surface area contributed by atoms with Crippen molar-refractivity contribution in [1.82, 2.24) is 4.90 Å². The highest BCUT2D eigenvalue weighted by Crippen LogP contribution is 2.33. The summed E-state index contributed by atoms with van der Waals surface area (Å²) in [6.07, 6.45) is 1.96. The van der Waals surface area contributed by atoms with Crippen LogP contribution in [0.1, 0.15) is 25.3 Å². The van der Waals surface area contributed by atoms with E-state index in [0.717, 1.165) is 18.4 Å². The third-order valence-electron chi connectivity index (χ3n) is 3.84. The van der Waals surface area contributed by atoms with E-state index < -0.39 is 6.61 Å². The van der Waals surface area contributed by atoms with Gasteiger partial charge in [0.05, 0.1) is 7.11 Å². The molecule has 1 aromatic carbocycles. The molecule has 2 rings (SSSR count). The van der Waals surface area contributed by atoms with Gasteiger partial charge in [-0.2, -0.15) is 8.78 Å². The largest absolute Gasteiger partial charge is 0.493 e. The van der Waals surface area contributed by atoms with Crippen molar-refractivity contribution in [3.63, 3.8) is 0 Å². The van der Waals surface area contributed by atoms with Crippen LogP contribution in [0.25, 0.3) is 0 Å². The molecule has 0 bridgehead atoms. The molecule has 1 aliphatic carbocycles. The van der Waals surface area contributed by atoms with Gasteiger partial charge in [-0.05, 0) is 30.5 Å². The number of amides is 1. The van der Waals surface area contributed by atoms with Gasteiger partial charge in [0.15, 0.2) is 11.5 Å². The molecule has 1 fully saturated rings. The van der Waals surface area contributed by atoms with Crippen molar-refractivity contribution in [2.45, 2.75) is 39.0 Å². The van der Waals surface area contributed by atoms with Crippen molar-refractivity contribution in [3.8, 4) is 11.5 Å². The molecule has 1 amide bonds. The summed E-state index contributed by atoms with van der Waals surface area (Å²) in [6.45, 7) is -0.409. The van der Waals surface area contributed by atoms with Gasteiger partial charge in [0.25, 0.3) is 0 Å². The zero-order valence-electron chi connectivity index (χ0n) is 13.3. The van der Waals surface area contributed by atoms with E-state index in [1.807, 2.05) is 0 Å². The lowest BCUT2D eigenvalue weighted by atomic mass is 10.1. The van der Waals surface area contributed by atoms with Gasteiger partial charge in [0.2, 0.25) is 5.91 Å². The second-order valence-corrected chi connectivity index (χ2v) is 5.70. The number of ether oxygens (including phenoxy) is 2. The Morgan fingerprint density at radius 2 is 2.09 bits per heavy atom. The minimum Gasteiger partial charge on any atom is -0.493 e. The van der Waals surface area contributed by atoms with Gasteiger partial charge in [0, 0.05) is 25.0 Å². The van der Waals surface area contributed by atoms with Gasteiger partial charge >= 0.3 is 6.61 Å². The highest BCUT2D eigenvalue weighted by molar-refractivity contribution is 5.79. The normalized spacial score (nSPS) is 15.4. The highest BCUT2D eigenvalue weighted by Gasteiger charge is 2.34. The van der Waals surface area contributed by atoms with Crippen LogP contribution < -0.4 is 15.2 Å². The number of benzene rings is 1. The average Bonchev–Trinajstić information content (AvgIpc) is 3.36. The van der Waals surface area contributed by atoms with Crippen LogP contribution in [0.2, 0.25) is 0 Å². The summed E-state index contributed by atoms with van der Waals surface area (Å²) in [5.41, 5.74) is 6.38. The maximum absolute atomic E-state index is 12.4. The first-order valence-electron chi connectivity index (χ1n) is 7.58. The van der Waals surface area contributed by atoms with E-state index in [1.165, 1.54) is 13.2 Å². The maximum atomic E-state index is 12.4. The monoisotopic (exact) mass is 328 g/mol. The Balaban J connectivity index is 2.15. The molecule has 1 atom stereocenters. The van der Waals surface area contributed by atoms with Crippen molar-refractivity contribution >= 4 is 5.91 Å². The van der Waals surface area contributed by atoms with Crippen LogP contribution in [0.15, 0.2) is 18.2 Å². The number of halogens is 2. The van der Waals surface area contributed by atoms with Crippen LogP contribution in [0, 0.1) is 5.92 Å². The van der Waals surface area contributed by atoms with Crippen LogP contribution in [0.5, 0.6) is 11.5 Å². The number of carbonyl (C=O) groups is 1. The number of carbonyl (C=O) groups excluding carboxylic acids is 1. The molecule has 0 aromatic heterocycles. The maximum Gasteiger partial charge on any atom is 0.387 e. The Bertz CT molecular complexity index is 550. The fourth-order valence-corrected chi connectivity index (χ4v) is 2.36. The molecule has 0 heterocycles. The quantitative estimate of drug-likeness (QED) is 0.796. The first-order valence-corrected chi connectivity index (χ1v) is 7.58. The van der Waals surface area contributed by atoms with Crippen molar-refractivity contribution < 1.29 is 23.0 Å². The van der Waals surface area contributed by atoms with E-state index in [2.05, 4.69) is 4.74 Å². The molecule has 23 heavy (non-hydrogen) atoms. The molecule has 7 heteroatoms. The van der Waals surface area contributed by atoms with Crippen LogP contribution >= 0.6 is 0 Å². The van der Waals surface area contributed by atoms with Gasteiger partial charge in [-0.15, -0.1) is 0 Å². The second-order valence-electron chi connectivity index (χ2n) is 5.70. The smallest absolute Gasteiger partial charge is 0.387 e. The SMILES string of the molecule is COc1cc(CN(C(=O)C(C)CN)C2CC2)ccc1OC(F)F. The van der Waals surface area contributed by atoms with Crippen LogP contribution in [-0.4, -0.2) is 37.1 Å². The Kier molecular flexibility index (Phi) is 5.76. The molecule has 1 unspecified atom stereocenters. The number of hydrogen-bond donors (Lipinski definition) is 1. The lowest BCUT2D eigenvalue weighted by Crippen LogP contribution is -2.39. The summed E-state index contributed by atoms with van der Waals surface area (Å²) >= 11 is 0. The van der Waals surface area contributed by atoms with E-state index in [9.17, 15) is 13.6 Å². The van der Waals surface area contributed by atoms with Gasteiger partial charge in [-0.3, -0.25) is 4.79 Å². The van der Waals surface area contributed by atoms with Crippen molar-refractivity contribution in [2.24, 2.45) is 11.7 Å². The van der Waals surface area contributed by atoms with Crippen molar-refractivity contribution in [2.75, 3.05) is 13.7 Å². The van der Waals surface area contributed by atoms with Gasteiger partial charge in [-0.25, -0.2) is 0 Å². The van der Waals surface area contributed by atoms with Crippen molar-refractivity contribution in [1.29, 1.82) is 0 Å². The minimum atomic E-state index is -2.91. The molecule has 0 saturated heterocycles. The molecule has 0 spiro atoms. The zero-order chi connectivity index (χ0) is 17.0. The van der Waals surface area contributed by atoms with Crippen LogP contribution in [0.3, 0.4) is 0 Å². The standard InChI is InChI=1S/C16H22F2N2O3/c1-10(8-19)15(21)20(12-4-5-12)9-11-3-6-13(23-16(17)18)14(7-11)22-2/h3,6-7,10,12,16H,4-5,8-9,19H2,1-2H3. The van der Waals surface area contributed by atoms with Crippen LogP contribution in [-0.2, 0) is 11.3 Å². The molecule has 2 N–H and O–H groups in total. The molecule has 0 aliphatic heterocycles. The Morgan fingerprint density at radius 1 is 1.39 bits per heavy atom. The van der Waals surface area contributed by atoms with Gasteiger partial charge in [0.1, 0.15) is 0 Å². The summed E-state index contributed by atoms with van der Waals surface area (Å²) in [4.78, 5) is 14.2. The molecule has 128 valence electrons. The zero-order valence-corrected chi connectivity index (χ0v) is 13.3. The van der Waals surface area contributed by atoms with Gasteiger partial charge in [-0.1, -0.05) is 13.0 Å². The molecule has 1 aliphatic rings. The van der Waals surface area contributed by atoms with Gasteiger partial charge < -0.3 is 20.1 Å². The van der Waals surface area contributed by atoms with Crippen LogP contribution in [0.4, 0.5) is 8.78 Å². The summed E-state index contributed by atoms with van der Waals surface area (Å²) in [5.74, 6) is -0.0236. The topological polar surface area (TPSA) is 64.8 Å². The number of methoxy groups -OCH3 is 1. The molecule has 0 radical (unpaired) electrons. The Labute approximate surface area is 134 Å². The fraction of sp³-hybridized carbons (Fsp3) is 0.562. The highest BCUT2D eigenvalue weighted by atomic mass is 19.3. The number of nitrogens with zero attached hydrogens (tertiary/aromatic N) is 1. The summed E-state index contributed by atoms with van der Waals surface area (Å²) in [7, 11) is 1.39. The number of rotatable bonds is 8. The van der Waals surface area contributed by atoms with E-state index >= 15 is 0 Å². The second kappa shape index (κ2) is 7.59. The Morgan fingerprint density at radius 3 is 2.61 bits per heavy atom. The van der Waals surface area contributed by atoms with E-state index in [0.29, 0.717) is 13.1 Å². The minimum absolute atomic E-state index is 0.0156. The molecule has 1 aromatic rings. The lowest BCUT2D eigenvalue weighted by Gasteiger charge is -2.25. The predicted molar refractivity (Wildman–Crippen MR) is 81.4 cm³/mol. The fourth-order valence-electron chi connectivity index (χ4n) is 2.36. The number of nitrogens with two attached hydrogens (primary N) is 1. The number of alkyl halides is 2. The molecular formula is C16H22F2N2O3. The Hall–Kier alpha value is -1.89. The molecular weight excluding hydrogens is 306 g/mol. The predicted octanol–water partition coefficient (Wildman–Crippen LogP) is 2.38. The van der Waals surface area contributed by atoms with Crippen molar-refractivity contribution in [3.05, 3.63) is 23.8 Å². The first kappa shape index (κ1) is 17.5. The van der Waals surface area contributed by atoms with E-state index in [-0.39, 0.29) is 29.4 Å². The number of hydrogen-bond acceptors (Lipinski definition) is 4. The molecule has 1 saturated carbocycles.